The second-order valence-electron chi connectivity index (χ2n) is 5.89. The third kappa shape index (κ3) is 4.60. The quantitative estimate of drug-likeness (QED) is 0.698. The van der Waals surface area contributed by atoms with Gasteiger partial charge in [0.15, 0.2) is 18.1 Å². The minimum absolute atomic E-state index is 0.109. The Labute approximate surface area is 163 Å². The van der Waals surface area contributed by atoms with Crippen LogP contribution in [-0.4, -0.2) is 62.9 Å². The molecule has 1 saturated heterocycles. The van der Waals surface area contributed by atoms with Crippen LogP contribution in [0, 0.1) is 0 Å². The second-order valence-corrected chi connectivity index (χ2v) is 9.00. The van der Waals surface area contributed by atoms with Crippen LogP contribution in [0.1, 0.15) is 6.92 Å². The number of carbonyl (C=O) groups excluding carboxylic acids is 1. The summed E-state index contributed by atoms with van der Waals surface area (Å²) in [4.78, 5) is 14.0. The first-order valence-electron chi connectivity index (χ1n) is 8.68. The lowest BCUT2D eigenvalue weighted by Gasteiger charge is -2.33. The van der Waals surface area contributed by atoms with Crippen molar-refractivity contribution in [2.24, 2.45) is 0 Å². The van der Waals surface area contributed by atoms with E-state index in [0.717, 1.165) is 0 Å². The van der Waals surface area contributed by atoms with E-state index in [1.54, 1.807) is 34.5 Å². The molecule has 0 atom stereocenters. The predicted molar refractivity (Wildman–Crippen MR) is 103 cm³/mol. The van der Waals surface area contributed by atoms with Crippen molar-refractivity contribution in [2.45, 2.75) is 11.1 Å². The molecule has 0 N–H and O–H groups in total. The molecular formula is C18H22N2O5S2. The highest BCUT2D eigenvalue weighted by molar-refractivity contribution is 7.91. The predicted octanol–water partition coefficient (Wildman–Crippen LogP) is 2.06. The number of nitrogens with zero attached hydrogens (tertiary/aromatic N) is 2. The van der Waals surface area contributed by atoms with Crippen molar-refractivity contribution >= 4 is 27.3 Å². The third-order valence-corrected chi connectivity index (χ3v) is 7.45. The Morgan fingerprint density at radius 3 is 2.30 bits per heavy atom. The van der Waals surface area contributed by atoms with Gasteiger partial charge in [-0.1, -0.05) is 18.2 Å². The monoisotopic (exact) mass is 410 g/mol. The molecule has 1 aromatic heterocycles. The molecule has 146 valence electrons. The summed E-state index contributed by atoms with van der Waals surface area (Å²) >= 11 is 1.20. The highest BCUT2D eigenvalue weighted by atomic mass is 32.2. The molecule has 1 amide bonds. The number of sulfonamides is 1. The van der Waals surface area contributed by atoms with E-state index in [4.69, 9.17) is 9.47 Å². The van der Waals surface area contributed by atoms with Gasteiger partial charge in [0.25, 0.3) is 15.9 Å². The largest absolute Gasteiger partial charge is 0.490 e. The second kappa shape index (κ2) is 8.73. The molecule has 9 heteroatoms. The molecule has 3 rings (SSSR count). The van der Waals surface area contributed by atoms with Crippen LogP contribution in [0.3, 0.4) is 0 Å². The van der Waals surface area contributed by atoms with E-state index in [1.165, 1.54) is 15.6 Å². The molecule has 2 aromatic rings. The lowest BCUT2D eigenvalue weighted by Crippen LogP contribution is -2.51. The number of thiophene rings is 1. The Bertz CT molecular complexity index is 860. The van der Waals surface area contributed by atoms with Crippen molar-refractivity contribution < 1.29 is 22.7 Å². The van der Waals surface area contributed by atoms with E-state index >= 15 is 0 Å². The molecule has 2 heterocycles. The molecule has 27 heavy (non-hydrogen) atoms. The van der Waals surface area contributed by atoms with Crippen molar-refractivity contribution in [3.63, 3.8) is 0 Å². The molecule has 1 aliphatic rings. The van der Waals surface area contributed by atoms with Crippen LogP contribution in [0.4, 0.5) is 0 Å². The lowest BCUT2D eigenvalue weighted by atomic mass is 10.3. The summed E-state index contributed by atoms with van der Waals surface area (Å²) < 4.78 is 37.9. The van der Waals surface area contributed by atoms with E-state index in [1.807, 2.05) is 19.1 Å². The van der Waals surface area contributed by atoms with Gasteiger partial charge < -0.3 is 14.4 Å². The number of amides is 1. The zero-order valence-corrected chi connectivity index (χ0v) is 16.7. The van der Waals surface area contributed by atoms with Crippen LogP contribution in [0.2, 0.25) is 0 Å². The number of ether oxygens (including phenoxy) is 2. The topological polar surface area (TPSA) is 76.2 Å². The normalized spacial score (nSPS) is 15.5. The minimum atomic E-state index is -3.47. The van der Waals surface area contributed by atoms with Crippen molar-refractivity contribution in [3.05, 3.63) is 41.8 Å². The summed E-state index contributed by atoms with van der Waals surface area (Å²) in [5.74, 6) is 0.945. The third-order valence-electron chi connectivity index (χ3n) is 4.18. The Morgan fingerprint density at radius 2 is 1.70 bits per heavy atom. The van der Waals surface area contributed by atoms with E-state index in [9.17, 15) is 13.2 Å². The van der Waals surface area contributed by atoms with Crippen LogP contribution in [0.15, 0.2) is 46.0 Å². The maximum Gasteiger partial charge on any atom is 0.260 e. The average Bonchev–Trinajstić information content (AvgIpc) is 3.23. The Hall–Kier alpha value is -2.10. The van der Waals surface area contributed by atoms with Gasteiger partial charge in [-0.3, -0.25) is 4.79 Å². The van der Waals surface area contributed by atoms with Gasteiger partial charge in [-0.2, -0.15) is 4.31 Å². The van der Waals surface area contributed by atoms with E-state index in [-0.39, 0.29) is 25.6 Å². The molecule has 0 aliphatic carbocycles. The molecule has 0 radical (unpaired) electrons. The van der Waals surface area contributed by atoms with Gasteiger partial charge in [-0.05, 0) is 30.5 Å². The van der Waals surface area contributed by atoms with Gasteiger partial charge in [0, 0.05) is 26.2 Å². The molecular weight excluding hydrogens is 388 g/mol. The molecule has 0 bridgehead atoms. The first-order valence-corrected chi connectivity index (χ1v) is 11.0. The van der Waals surface area contributed by atoms with Crippen molar-refractivity contribution in [1.29, 1.82) is 0 Å². The SMILES string of the molecule is CCOc1ccccc1OCC(=O)N1CCN(S(=O)(=O)c2cccs2)CC1. The summed E-state index contributed by atoms with van der Waals surface area (Å²) in [6.07, 6.45) is 0. The molecule has 0 unspecified atom stereocenters. The number of hydrogen-bond donors (Lipinski definition) is 0. The minimum Gasteiger partial charge on any atom is -0.490 e. The van der Waals surface area contributed by atoms with Crippen LogP contribution in [0.5, 0.6) is 11.5 Å². The summed E-state index contributed by atoms with van der Waals surface area (Å²) in [5.41, 5.74) is 0. The molecule has 1 fully saturated rings. The van der Waals surface area contributed by atoms with E-state index in [2.05, 4.69) is 0 Å². The van der Waals surface area contributed by atoms with Gasteiger partial charge in [0.2, 0.25) is 0 Å². The number of carbonyl (C=O) groups is 1. The van der Waals surface area contributed by atoms with Gasteiger partial charge >= 0.3 is 0 Å². The van der Waals surface area contributed by atoms with Gasteiger partial charge in [-0.15, -0.1) is 11.3 Å². The first-order chi connectivity index (χ1) is 13.0. The zero-order chi connectivity index (χ0) is 19.3. The summed E-state index contributed by atoms with van der Waals surface area (Å²) in [5, 5.41) is 1.74. The average molecular weight is 411 g/mol. The summed E-state index contributed by atoms with van der Waals surface area (Å²) in [6, 6.07) is 10.5. The highest BCUT2D eigenvalue weighted by Crippen LogP contribution is 2.26. The van der Waals surface area contributed by atoms with Crippen molar-refractivity contribution in [2.75, 3.05) is 39.4 Å². The summed E-state index contributed by atoms with van der Waals surface area (Å²) in [7, 11) is -3.47. The maximum atomic E-state index is 12.5. The van der Waals surface area contributed by atoms with Crippen LogP contribution < -0.4 is 9.47 Å². The van der Waals surface area contributed by atoms with Crippen LogP contribution in [0.25, 0.3) is 0 Å². The summed E-state index contributed by atoms with van der Waals surface area (Å²) in [6.45, 7) is 3.53. The Kier molecular flexibility index (Phi) is 6.35. The standard InChI is InChI=1S/C18H22N2O5S2/c1-2-24-15-6-3-4-7-16(15)25-14-17(21)19-9-11-20(12-10-19)27(22,23)18-8-5-13-26-18/h3-8,13H,2,9-12,14H2,1H3. The highest BCUT2D eigenvalue weighted by Gasteiger charge is 2.30. The zero-order valence-electron chi connectivity index (χ0n) is 15.0. The molecule has 1 aliphatic heterocycles. The number of para-hydroxylation sites is 2. The number of piperazine rings is 1. The number of benzene rings is 1. The fourth-order valence-corrected chi connectivity index (χ4v) is 5.36. The number of rotatable bonds is 7. The van der Waals surface area contributed by atoms with Gasteiger partial charge in [0.1, 0.15) is 4.21 Å². The molecule has 0 spiro atoms. The lowest BCUT2D eigenvalue weighted by molar-refractivity contribution is -0.134. The molecule has 1 aromatic carbocycles. The van der Waals surface area contributed by atoms with Crippen LogP contribution in [-0.2, 0) is 14.8 Å². The molecule has 7 nitrogen and oxygen atoms in total. The number of hydrogen-bond acceptors (Lipinski definition) is 6. The smallest absolute Gasteiger partial charge is 0.260 e. The van der Waals surface area contributed by atoms with Gasteiger partial charge in [0.05, 0.1) is 6.61 Å². The maximum absolute atomic E-state index is 12.5. The van der Waals surface area contributed by atoms with Crippen molar-refractivity contribution in [3.8, 4) is 11.5 Å². The van der Waals surface area contributed by atoms with Crippen LogP contribution >= 0.6 is 11.3 Å². The van der Waals surface area contributed by atoms with Gasteiger partial charge in [-0.25, -0.2) is 8.42 Å². The van der Waals surface area contributed by atoms with E-state index < -0.39 is 10.0 Å². The fourth-order valence-electron chi connectivity index (χ4n) is 2.79. The Morgan fingerprint density at radius 1 is 1.04 bits per heavy atom. The Balaban J connectivity index is 1.53. The first kappa shape index (κ1) is 19.7. The van der Waals surface area contributed by atoms with Crippen molar-refractivity contribution in [1.82, 2.24) is 9.21 Å². The van der Waals surface area contributed by atoms with E-state index in [0.29, 0.717) is 35.4 Å². The molecule has 0 saturated carbocycles. The fraction of sp³-hybridized carbons (Fsp3) is 0.389.